The van der Waals surface area contributed by atoms with Gasteiger partial charge in [0.05, 0.1) is 28.2 Å². The van der Waals surface area contributed by atoms with Crippen LogP contribution < -0.4 is 4.74 Å². The smallest absolute Gasteiger partial charge is 0.309 e. The highest BCUT2D eigenvalue weighted by molar-refractivity contribution is 6.80. The highest BCUT2D eigenvalue weighted by Crippen LogP contribution is 2.57. The number of carbonyl (C=O) groups is 1. The standard InChI is InChI=1S/C17H24O3Si/c1-19-14-9-7-6-8-12(14)15-13(10-11-21(3,4)5)16(15)17(18)20-2/h6-11,13,15-16H,1-5H3/b11-10+/t13-,15-,16-/m0/s1. The van der Waals surface area contributed by atoms with E-state index in [0.29, 0.717) is 0 Å². The van der Waals surface area contributed by atoms with E-state index in [1.54, 1.807) is 7.11 Å². The Morgan fingerprint density at radius 2 is 1.86 bits per heavy atom. The minimum absolute atomic E-state index is 0.0844. The molecule has 1 saturated carbocycles. The predicted octanol–water partition coefficient (Wildman–Crippen LogP) is 3.63. The first-order chi connectivity index (χ1) is 9.89. The maximum absolute atomic E-state index is 12.0. The monoisotopic (exact) mass is 304 g/mol. The SMILES string of the molecule is COC(=O)[C@H]1[C@@H](/C=C/[Si](C)(C)C)[C@@H]1c1ccccc1OC. The molecule has 114 valence electrons. The third-order valence-corrected chi connectivity index (χ3v) is 5.06. The minimum Gasteiger partial charge on any atom is -0.496 e. The third-order valence-electron chi connectivity index (χ3n) is 3.87. The molecule has 1 aromatic rings. The zero-order valence-electron chi connectivity index (χ0n) is 13.4. The summed E-state index contributed by atoms with van der Waals surface area (Å²) < 4.78 is 10.4. The lowest BCUT2D eigenvalue weighted by Gasteiger charge is -2.08. The number of para-hydroxylation sites is 1. The van der Waals surface area contributed by atoms with E-state index in [1.165, 1.54) is 7.11 Å². The summed E-state index contributed by atoms with van der Waals surface area (Å²) in [6, 6.07) is 7.93. The van der Waals surface area contributed by atoms with Gasteiger partial charge in [-0.3, -0.25) is 4.79 Å². The molecule has 3 nitrogen and oxygen atoms in total. The molecule has 21 heavy (non-hydrogen) atoms. The molecule has 0 saturated heterocycles. The Labute approximate surface area is 128 Å². The maximum atomic E-state index is 12.0. The number of allylic oxidation sites excluding steroid dienone is 1. The van der Waals surface area contributed by atoms with Crippen LogP contribution in [0.2, 0.25) is 19.6 Å². The molecule has 0 aliphatic heterocycles. The van der Waals surface area contributed by atoms with Crippen molar-refractivity contribution in [2.75, 3.05) is 14.2 Å². The van der Waals surface area contributed by atoms with Gasteiger partial charge in [-0.2, -0.15) is 0 Å². The van der Waals surface area contributed by atoms with Crippen molar-refractivity contribution in [2.45, 2.75) is 25.6 Å². The lowest BCUT2D eigenvalue weighted by molar-refractivity contribution is -0.142. The molecule has 0 N–H and O–H groups in total. The summed E-state index contributed by atoms with van der Waals surface area (Å²) in [6.45, 7) is 6.87. The fraction of sp³-hybridized carbons (Fsp3) is 0.471. The van der Waals surface area contributed by atoms with E-state index in [1.807, 2.05) is 24.3 Å². The van der Waals surface area contributed by atoms with Crippen LogP contribution >= 0.6 is 0 Å². The van der Waals surface area contributed by atoms with Crippen LogP contribution in [-0.4, -0.2) is 28.3 Å². The van der Waals surface area contributed by atoms with Gasteiger partial charge in [-0.25, -0.2) is 0 Å². The van der Waals surface area contributed by atoms with Crippen molar-refractivity contribution >= 4 is 14.0 Å². The van der Waals surface area contributed by atoms with Crippen LogP contribution in [0.1, 0.15) is 11.5 Å². The third kappa shape index (κ3) is 3.56. The Morgan fingerprint density at radius 3 is 2.43 bits per heavy atom. The van der Waals surface area contributed by atoms with E-state index >= 15 is 0 Å². The fourth-order valence-corrected chi connectivity index (χ4v) is 3.56. The Balaban J connectivity index is 2.28. The van der Waals surface area contributed by atoms with Crippen LogP contribution in [0.5, 0.6) is 5.75 Å². The predicted molar refractivity (Wildman–Crippen MR) is 87.2 cm³/mol. The van der Waals surface area contributed by atoms with Gasteiger partial charge in [0.1, 0.15) is 5.75 Å². The number of hydrogen-bond donors (Lipinski definition) is 0. The van der Waals surface area contributed by atoms with E-state index < -0.39 is 8.07 Å². The van der Waals surface area contributed by atoms with Gasteiger partial charge in [-0.15, -0.1) is 0 Å². The second kappa shape index (κ2) is 6.06. The number of hydrogen-bond acceptors (Lipinski definition) is 3. The number of carbonyl (C=O) groups excluding carboxylic acids is 1. The highest BCUT2D eigenvalue weighted by atomic mass is 28.3. The molecule has 4 heteroatoms. The largest absolute Gasteiger partial charge is 0.496 e. The minimum atomic E-state index is -1.27. The van der Waals surface area contributed by atoms with Gasteiger partial charge in [0, 0.05) is 5.92 Å². The second-order valence-electron chi connectivity index (χ2n) is 6.62. The average molecular weight is 304 g/mol. The summed E-state index contributed by atoms with van der Waals surface area (Å²) in [5.74, 6) is 1.03. The van der Waals surface area contributed by atoms with Crippen LogP contribution in [0, 0.1) is 11.8 Å². The molecular weight excluding hydrogens is 280 g/mol. The molecule has 2 rings (SSSR count). The van der Waals surface area contributed by atoms with Gasteiger partial charge >= 0.3 is 5.97 Å². The van der Waals surface area contributed by atoms with Crippen molar-refractivity contribution in [2.24, 2.45) is 11.8 Å². The van der Waals surface area contributed by atoms with Crippen LogP contribution in [0.3, 0.4) is 0 Å². The Kier molecular flexibility index (Phi) is 4.57. The zero-order valence-corrected chi connectivity index (χ0v) is 14.4. The number of methoxy groups -OCH3 is 2. The molecule has 1 fully saturated rings. The molecule has 0 unspecified atom stereocenters. The molecule has 1 aliphatic carbocycles. The molecule has 1 aliphatic rings. The first kappa shape index (κ1) is 15.8. The molecular formula is C17H24O3Si. The van der Waals surface area contributed by atoms with E-state index in [2.05, 4.69) is 31.4 Å². The van der Waals surface area contributed by atoms with Gasteiger partial charge in [0.25, 0.3) is 0 Å². The molecule has 0 radical (unpaired) electrons. The van der Waals surface area contributed by atoms with Crippen molar-refractivity contribution in [1.29, 1.82) is 0 Å². The van der Waals surface area contributed by atoms with Crippen molar-refractivity contribution < 1.29 is 14.3 Å². The molecule has 0 bridgehead atoms. The first-order valence-electron chi connectivity index (χ1n) is 7.29. The van der Waals surface area contributed by atoms with E-state index in [9.17, 15) is 4.79 Å². The van der Waals surface area contributed by atoms with Crippen molar-refractivity contribution in [1.82, 2.24) is 0 Å². The molecule has 0 heterocycles. The highest BCUT2D eigenvalue weighted by Gasteiger charge is 2.55. The summed E-state index contributed by atoms with van der Waals surface area (Å²) in [5.41, 5.74) is 3.41. The first-order valence-corrected chi connectivity index (χ1v) is 10.9. The van der Waals surface area contributed by atoms with Crippen molar-refractivity contribution in [3.05, 3.63) is 41.6 Å². The van der Waals surface area contributed by atoms with E-state index in [0.717, 1.165) is 11.3 Å². The molecule has 3 atom stereocenters. The van der Waals surface area contributed by atoms with Gasteiger partial charge in [0.2, 0.25) is 0 Å². The normalized spacial score (nSPS) is 24.9. The lowest BCUT2D eigenvalue weighted by Crippen LogP contribution is -2.15. The Bertz CT molecular complexity index is 545. The fourth-order valence-electron chi connectivity index (χ4n) is 2.76. The van der Waals surface area contributed by atoms with Crippen molar-refractivity contribution in [3.8, 4) is 5.75 Å². The topological polar surface area (TPSA) is 35.5 Å². The molecule has 1 aromatic carbocycles. The lowest BCUT2D eigenvalue weighted by atomic mass is 10.1. The number of rotatable bonds is 5. The molecule has 0 amide bonds. The van der Waals surface area contributed by atoms with Gasteiger partial charge < -0.3 is 9.47 Å². The summed E-state index contributed by atoms with van der Waals surface area (Å²) in [4.78, 5) is 12.0. The van der Waals surface area contributed by atoms with Crippen molar-refractivity contribution in [3.63, 3.8) is 0 Å². The van der Waals surface area contributed by atoms with E-state index in [-0.39, 0.29) is 23.7 Å². The second-order valence-corrected chi connectivity index (χ2v) is 11.7. The Morgan fingerprint density at radius 1 is 1.19 bits per heavy atom. The number of ether oxygens (including phenoxy) is 2. The van der Waals surface area contributed by atoms with Crippen LogP contribution in [0.4, 0.5) is 0 Å². The van der Waals surface area contributed by atoms with Crippen LogP contribution in [0.15, 0.2) is 36.0 Å². The van der Waals surface area contributed by atoms with Gasteiger partial charge in [0.15, 0.2) is 0 Å². The zero-order chi connectivity index (χ0) is 15.6. The summed E-state index contributed by atoms with van der Waals surface area (Å²) in [6.07, 6.45) is 2.21. The summed E-state index contributed by atoms with van der Waals surface area (Å²) in [7, 11) is 1.85. The molecule has 0 aromatic heterocycles. The van der Waals surface area contributed by atoms with Gasteiger partial charge in [-0.05, 0) is 17.5 Å². The average Bonchev–Trinajstić information content (AvgIpc) is 3.17. The van der Waals surface area contributed by atoms with Crippen LogP contribution in [-0.2, 0) is 9.53 Å². The Hall–Kier alpha value is -1.55. The molecule has 0 spiro atoms. The number of benzene rings is 1. The quantitative estimate of drug-likeness (QED) is 0.615. The maximum Gasteiger partial charge on any atom is 0.309 e. The van der Waals surface area contributed by atoms with Gasteiger partial charge in [-0.1, -0.05) is 49.6 Å². The summed E-state index contributed by atoms with van der Waals surface area (Å²) >= 11 is 0. The number of esters is 1. The summed E-state index contributed by atoms with van der Waals surface area (Å²) in [5, 5.41) is 0. The van der Waals surface area contributed by atoms with E-state index in [4.69, 9.17) is 9.47 Å². The van der Waals surface area contributed by atoms with Crippen LogP contribution in [0.25, 0.3) is 0 Å².